The van der Waals surface area contributed by atoms with Gasteiger partial charge in [0.15, 0.2) is 0 Å². The molecule has 0 aliphatic carbocycles. The Labute approximate surface area is 87.2 Å². The SMILES string of the molecule is C=CC(C)NCc1ccc(Br)cn1. The second-order valence-electron chi connectivity index (χ2n) is 2.87. The smallest absolute Gasteiger partial charge is 0.0542 e. The van der Waals surface area contributed by atoms with E-state index in [-0.39, 0.29) is 0 Å². The van der Waals surface area contributed by atoms with Crippen LogP contribution in [-0.2, 0) is 6.54 Å². The van der Waals surface area contributed by atoms with E-state index in [0.29, 0.717) is 6.04 Å². The molecular formula is C10H13BrN2. The normalized spacial score (nSPS) is 12.5. The van der Waals surface area contributed by atoms with Crippen LogP contribution in [-0.4, -0.2) is 11.0 Å². The maximum absolute atomic E-state index is 4.24. The monoisotopic (exact) mass is 240 g/mol. The Hall–Kier alpha value is -0.670. The van der Waals surface area contributed by atoms with Gasteiger partial charge in [0.25, 0.3) is 0 Å². The van der Waals surface area contributed by atoms with Crippen LogP contribution in [0.1, 0.15) is 12.6 Å². The van der Waals surface area contributed by atoms with Gasteiger partial charge in [-0.3, -0.25) is 4.98 Å². The Kier molecular flexibility index (Phi) is 4.12. The van der Waals surface area contributed by atoms with E-state index in [9.17, 15) is 0 Å². The summed E-state index contributed by atoms with van der Waals surface area (Å²) in [5.74, 6) is 0. The number of rotatable bonds is 4. The van der Waals surface area contributed by atoms with Crippen molar-refractivity contribution in [3.63, 3.8) is 0 Å². The third kappa shape index (κ3) is 3.70. The van der Waals surface area contributed by atoms with Crippen molar-refractivity contribution in [1.82, 2.24) is 10.3 Å². The fourth-order valence-electron chi connectivity index (χ4n) is 0.860. The minimum Gasteiger partial charge on any atom is -0.305 e. The molecule has 0 amide bonds. The van der Waals surface area contributed by atoms with Gasteiger partial charge in [0.05, 0.1) is 5.69 Å². The van der Waals surface area contributed by atoms with E-state index in [0.717, 1.165) is 16.7 Å². The van der Waals surface area contributed by atoms with Gasteiger partial charge in [-0.1, -0.05) is 6.08 Å². The highest BCUT2D eigenvalue weighted by Crippen LogP contribution is 2.07. The summed E-state index contributed by atoms with van der Waals surface area (Å²) < 4.78 is 1.01. The van der Waals surface area contributed by atoms with Crippen LogP contribution in [0.5, 0.6) is 0 Å². The molecule has 0 aliphatic heterocycles. The van der Waals surface area contributed by atoms with Gasteiger partial charge in [-0.05, 0) is 35.0 Å². The van der Waals surface area contributed by atoms with Gasteiger partial charge in [0, 0.05) is 23.3 Å². The fraction of sp³-hybridized carbons (Fsp3) is 0.300. The minimum absolute atomic E-state index is 0.324. The predicted molar refractivity (Wildman–Crippen MR) is 58.4 cm³/mol. The molecule has 1 aromatic rings. The highest BCUT2D eigenvalue weighted by Gasteiger charge is 1.96. The quantitative estimate of drug-likeness (QED) is 0.819. The van der Waals surface area contributed by atoms with Crippen molar-refractivity contribution in [3.05, 3.63) is 41.2 Å². The molecule has 1 aromatic heterocycles. The van der Waals surface area contributed by atoms with Crippen LogP contribution in [0.3, 0.4) is 0 Å². The first-order valence-corrected chi connectivity index (χ1v) is 4.98. The second kappa shape index (κ2) is 5.14. The van der Waals surface area contributed by atoms with Crippen molar-refractivity contribution in [2.24, 2.45) is 0 Å². The minimum atomic E-state index is 0.324. The Morgan fingerprint density at radius 2 is 2.46 bits per heavy atom. The van der Waals surface area contributed by atoms with Crippen LogP contribution in [0, 0.1) is 0 Å². The zero-order valence-corrected chi connectivity index (χ0v) is 9.21. The lowest BCUT2D eigenvalue weighted by molar-refractivity contribution is 0.624. The fourth-order valence-corrected chi connectivity index (χ4v) is 1.09. The summed E-state index contributed by atoms with van der Waals surface area (Å²) in [6, 6.07) is 4.31. The second-order valence-corrected chi connectivity index (χ2v) is 3.79. The topological polar surface area (TPSA) is 24.9 Å². The van der Waals surface area contributed by atoms with Crippen LogP contribution < -0.4 is 5.32 Å². The van der Waals surface area contributed by atoms with E-state index in [4.69, 9.17) is 0 Å². The first-order valence-electron chi connectivity index (χ1n) is 4.18. The molecule has 1 heterocycles. The lowest BCUT2D eigenvalue weighted by Gasteiger charge is -2.07. The molecule has 1 rings (SSSR count). The zero-order valence-electron chi connectivity index (χ0n) is 7.63. The summed E-state index contributed by atoms with van der Waals surface area (Å²) in [6.45, 7) is 6.54. The van der Waals surface area contributed by atoms with Gasteiger partial charge < -0.3 is 5.32 Å². The molecule has 0 fully saturated rings. The molecule has 0 bridgehead atoms. The molecule has 3 heteroatoms. The average molecular weight is 241 g/mol. The number of hydrogen-bond donors (Lipinski definition) is 1. The highest BCUT2D eigenvalue weighted by atomic mass is 79.9. The van der Waals surface area contributed by atoms with Gasteiger partial charge in [-0.2, -0.15) is 0 Å². The number of hydrogen-bond acceptors (Lipinski definition) is 2. The van der Waals surface area contributed by atoms with Crippen LogP contribution >= 0.6 is 15.9 Å². The Morgan fingerprint density at radius 3 is 3.00 bits per heavy atom. The molecule has 0 saturated carbocycles. The van der Waals surface area contributed by atoms with Crippen molar-refractivity contribution in [2.75, 3.05) is 0 Å². The molecule has 1 N–H and O–H groups in total. The summed E-state index contributed by atoms with van der Waals surface area (Å²) in [4.78, 5) is 4.24. The van der Waals surface area contributed by atoms with E-state index in [1.165, 1.54) is 0 Å². The van der Waals surface area contributed by atoms with Crippen molar-refractivity contribution in [1.29, 1.82) is 0 Å². The van der Waals surface area contributed by atoms with Crippen molar-refractivity contribution in [2.45, 2.75) is 19.5 Å². The molecule has 0 spiro atoms. The number of nitrogens with one attached hydrogen (secondary N) is 1. The summed E-state index contributed by atoms with van der Waals surface area (Å²) >= 11 is 3.34. The van der Waals surface area contributed by atoms with Crippen LogP contribution in [0.25, 0.3) is 0 Å². The molecule has 0 aliphatic rings. The molecule has 1 unspecified atom stereocenters. The van der Waals surface area contributed by atoms with Crippen molar-refractivity contribution in [3.8, 4) is 0 Å². The van der Waals surface area contributed by atoms with Gasteiger partial charge >= 0.3 is 0 Å². The van der Waals surface area contributed by atoms with Crippen LogP contribution in [0.15, 0.2) is 35.5 Å². The first kappa shape index (κ1) is 10.4. The van der Waals surface area contributed by atoms with Gasteiger partial charge in [0.1, 0.15) is 0 Å². The molecule has 70 valence electrons. The summed E-state index contributed by atoms with van der Waals surface area (Å²) in [5.41, 5.74) is 1.04. The van der Waals surface area contributed by atoms with Gasteiger partial charge in [-0.25, -0.2) is 0 Å². The number of pyridine rings is 1. The maximum Gasteiger partial charge on any atom is 0.0542 e. The van der Waals surface area contributed by atoms with E-state index >= 15 is 0 Å². The molecule has 0 radical (unpaired) electrons. The molecular weight excluding hydrogens is 228 g/mol. The van der Waals surface area contributed by atoms with Crippen LogP contribution in [0.4, 0.5) is 0 Å². The molecule has 1 atom stereocenters. The third-order valence-electron chi connectivity index (χ3n) is 1.75. The first-order chi connectivity index (χ1) is 6.22. The zero-order chi connectivity index (χ0) is 9.68. The lowest BCUT2D eigenvalue weighted by Crippen LogP contribution is -2.23. The van der Waals surface area contributed by atoms with Crippen molar-refractivity contribution < 1.29 is 0 Å². The number of aromatic nitrogens is 1. The average Bonchev–Trinajstić information content (AvgIpc) is 2.16. The highest BCUT2D eigenvalue weighted by molar-refractivity contribution is 9.10. The Morgan fingerprint density at radius 1 is 1.69 bits per heavy atom. The van der Waals surface area contributed by atoms with E-state index in [1.54, 1.807) is 6.20 Å². The maximum atomic E-state index is 4.24. The van der Waals surface area contributed by atoms with Gasteiger partial charge in [-0.15, -0.1) is 6.58 Å². The molecule has 2 nitrogen and oxygen atoms in total. The molecule has 0 saturated heterocycles. The standard InChI is InChI=1S/C10H13BrN2/c1-3-8(2)12-7-10-5-4-9(11)6-13-10/h3-6,8,12H,1,7H2,2H3. The van der Waals surface area contributed by atoms with Gasteiger partial charge in [0.2, 0.25) is 0 Å². The molecule has 13 heavy (non-hydrogen) atoms. The largest absolute Gasteiger partial charge is 0.305 e. The number of halogens is 1. The van der Waals surface area contributed by atoms with E-state index in [2.05, 4.69) is 39.7 Å². The van der Waals surface area contributed by atoms with E-state index in [1.807, 2.05) is 18.2 Å². The number of nitrogens with zero attached hydrogens (tertiary/aromatic N) is 1. The third-order valence-corrected chi connectivity index (χ3v) is 2.22. The lowest BCUT2D eigenvalue weighted by atomic mass is 10.3. The van der Waals surface area contributed by atoms with Crippen molar-refractivity contribution >= 4 is 15.9 Å². The Balaban J connectivity index is 2.45. The Bertz CT molecular complexity index is 269. The molecule has 0 aromatic carbocycles. The van der Waals surface area contributed by atoms with E-state index < -0.39 is 0 Å². The predicted octanol–water partition coefficient (Wildman–Crippen LogP) is 2.51. The summed E-state index contributed by atoms with van der Waals surface area (Å²) in [6.07, 6.45) is 3.68. The van der Waals surface area contributed by atoms with Crippen LogP contribution in [0.2, 0.25) is 0 Å². The summed E-state index contributed by atoms with van der Waals surface area (Å²) in [7, 11) is 0. The summed E-state index contributed by atoms with van der Waals surface area (Å²) in [5, 5.41) is 3.27.